The highest BCUT2D eigenvalue weighted by Gasteiger charge is 1.93. The van der Waals surface area contributed by atoms with Crippen LogP contribution < -0.4 is 11.5 Å². The van der Waals surface area contributed by atoms with E-state index in [9.17, 15) is 0 Å². The zero-order valence-corrected chi connectivity index (χ0v) is 7.33. The molecule has 0 atom stereocenters. The van der Waals surface area contributed by atoms with Gasteiger partial charge in [0.25, 0.3) is 0 Å². The normalized spacial score (nSPS) is 13.8. The van der Waals surface area contributed by atoms with E-state index < -0.39 is 0 Å². The van der Waals surface area contributed by atoms with Crippen LogP contribution in [0.15, 0.2) is 28.9 Å². The number of hydrogen-bond donors (Lipinski definition) is 3. The molecular weight excluding hydrogens is 152 g/mol. The van der Waals surface area contributed by atoms with Crippen molar-refractivity contribution in [2.75, 3.05) is 0 Å². The molecule has 0 aromatic carbocycles. The molecule has 0 spiro atoms. The van der Waals surface area contributed by atoms with Gasteiger partial charge in [-0.1, -0.05) is 12.2 Å². The Hall–Kier alpha value is -1.58. The second-order valence-electron chi connectivity index (χ2n) is 2.23. The number of aliphatic imine (C=N–C) groups is 1. The summed E-state index contributed by atoms with van der Waals surface area (Å²) in [6.07, 6.45) is 5.37. The molecule has 5 N–H and O–H groups in total. The lowest BCUT2D eigenvalue weighted by atomic mass is 10.3. The summed E-state index contributed by atoms with van der Waals surface area (Å²) in [7, 11) is 0. The molecule has 0 aromatic heterocycles. The first-order chi connectivity index (χ1) is 5.57. The summed E-state index contributed by atoms with van der Waals surface area (Å²) >= 11 is 0. The monoisotopic (exact) mass is 166 g/mol. The SMILES string of the molecule is C\C=C/C=C(N)\C(C)=N\C(=N)N. The quantitative estimate of drug-likeness (QED) is 0.321. The number of allylic oxidation sites excluding steroid dienone is 4. The van der Waals surface area contributed by atoms with Crippen LogP contribution in [0.4, 0.5) is 0 Å². The molecule has 0 aliphatic rings. The molecule has 4 nitrogen and oxygen atoms in total. The molecule has 0 rings (SSSR count). The minimum atomic E-state index is -0.232. The Morgan fingerprint density at radius 2 is 2.00 bits per heavy atom. The Morgan fingerprint density at radius 3 is 2.42 bits per heavy atom. The maximum atomic E-state index is 6.88. The Kier molecular flexibility index (Phi) is 4.45. The van der Waals surface area contributed by atoms with Gasteiger partial charge in [-0.15, -0.1) is 0 Å². The molecule has 0 unspecified atom stereocenters. The van der Waals surface area contributed by atoms with Crippen molar-refractivity contribution in [1.82, 2.24) is 0 Å². The van der Waals surface area contributed by atoms with Crippen molar-refractivity contribution in [3.63, 3.8) is 0 Å². The van der Waals surface area contributed by atoms with Crippen LogP contribution in [0.2, 0.25) is 0 Å². The fourth-order valence-electron chi connectivity index (χ4n) is 0.566. The third-order valence-corrected chi connectivity index (χ3v) is 1.17. The van der Waals surface area contributed by atoms with E-state index >= 15 is 0 Å². The molecular formula is C8H14N4. The predicted molar refractivity (Wildman–Crippen MR) is 52.1 cm³/mol. The van der Waals surface area contributed by atoms with Gasteiger partial charge in [-0.25, -0.2) is 4.99 Å². The summed E-state index contributed by atoms with van der Waals surface area (Å²) in [4.78, 5) is 3.68. The van der Waals surface area contributed by atoms with Crippen molar-refractivity contribution in [2.45, 2.75) is 13.8 Å². The van der Waals surface area contributed by atoms with E-state index in [4.69, 9.17) is 16.9 Å². The third kappa shape index (κ3) is 4.27. The highest BCUT2D eigenvalue weighted by molar-refractivity contribution is 6.03. The summed E-state index contributed by atoms with van der Waals surface area (Å²) in [5.41, 5.74) is 11.7. The molecule has 0 aromatic rings. The highest BCUT2D eigenvalue weighted by Crippen LogP contribution is 1.90. The first kappa shape index (κ1) is 10.4. The van der Waals surface area contributed by atoms with Gasteiger partial charge in [-0.05, 0) is 19.9 Å². The van der Waals surface area contributed by atoms with E-state index in [0.29, 0.717) is 11.4 Å². The topological polar surface area (TPSA) is 88.2 Å². The Morgan fingerprint density at radius 1 is 1.42 bits per heavy atom. The zero-order chi connectivity index (χ0) is 9.56. The van der Waals surface area contributed by atoms with Crippen molar-refractivity contribution < 1.29 is 0 Å². The van der Waals surface area contributed by atoms with Crippen LogP contribution in [0.25, 0.3) is 0 Å². The van der Waals surface area contributed by atoms with E-state index in [1.807, 2.05) is 13.0 Å². The predicted octanol–water partition coefficient (Wildman–Crippen LogP) is 0.759. The molecule has 12 heavy (non-hydrogen) atoms. The fraction of sp³-hybridized carbons (Fsp3) is 0.250. The Bertz CT molecular complexity index is 248. The summed E-state index contributed by atoms with van der Waals surface area (Å²) in [5, 5.41) is 6.88. The average Bonchev–Trinajstić information content (AvgIpc) is 1.98. The second kappa shape index (κ2) is 5.12. The summed E-state index contributed by atoms with van der Waals surface area (Å²) in [6, 6.07) is 0. The second-order valence-corrected chi connectivity index (χ2v) is 2.23. The maximum Gasteiger partial charge on any atom is 0.212 e. The standard InChI is InChI=1S/C8H14N4/c1-3-4-5-7(9)6(2)12-8(10)11/h3-5H,9H2,1-2H3,(H3,10,11)/b4-3-,7-5+,12-6+. The number of nitrogens with two attached hydrogens (primary N) is 2. The van der Waals surface area contributed by atoms with Gasteiger partial charge in [-0.2, -0.15) is 0 Å². The number of nitrogens with one attached hydrogen (secondary N) is 1. The van der Waals surface area contributed by atoms with Gasteiger partial charge in [0.1, 0.15) is 0 Å². The molecule has 0 fully saturated rings. The minimum Gasteiger partial charge on any atom is -0.397 e. The number of guanidine groups is 1. The van der Waals surface area contributed by atoms with Crippen molar-refractivity contribution in [1.29, 1.82) is 5.41 Å². The van der Waals surface area contributed by atoms with Crippen molar-refractivity contribution in [2.24, 2.45) is 16.5 Å². The van der Waals surface area contributed by atoms with Crippen molar-refractivity contribution in [3.8, 4) is 0 Å². The number of nitrogens with zero attached hydrogens (tertiary/aromatic N) is 1. The Labute approximate surface area is 72.2 Å². The van der Waals surface area contributed by atoms with E-state index in [-0.39, 0.29) is 5.96 Å². The van der Waals surface area contributed by atoms with Crippen molar-refractivity contribution in [3.05, 3.63) is 23.9 Å². The van der Waals surface area contributed by atoms with Gasteiger partial charge in [0.15, 0.2) is 0 Å². The third-order valence-electron chi connectivity index (χ3n) is 1.17. The van der Waals surface area contributed by atoms with E-state index in [2.05, 4.69) is 4.99 Å². The van der Waals surface area contributed by atoms with E-state index in [0.717, 1.165) is 0 Å². The minimum absolute atomic E-state index is 0.232. The molecule has 0 aliphatic heterocycles. The van der Waals surface area contributed by atoms with Gasteiger partial charge < -0.3 is 11.5 Å². The van der Waals surface area contributed by atoms with E-state index in [1.54, 1.807) is 19.1 Å². The van der Waals surface area contributed by atoms with Gasteiger partial charge >= 0.3 is 0 Å². The maximum absolute atomic E-state index is 6.88. The molecule has 0 heterocycles. The molecule has 0 amide bonds. The smallest absolute Gasteiger partial charge is 0.212 e. The van der Waals surface area contributed by atoms with Gasteiger partial charge in [0.05, 0.1) is 11.4 Å². The molecule has 0 aliphatic carbocycles. The van der Waals surface area contributed by atoms with Crippen LogP contribution in [-0.2, 0) is 0 Å². The van der Waals surface area contributed by atoms with Crippen LogP contribution >= 0.6 is 0 Å². The largest absolute Gasteiger partial charge is 0.397 e. The zero-order valence-electron chi connectivity index (χ0n) is 7.33. The number of hydrogen-bond acceptors (Lipinski definition) is 2. The first-order valence-corrected chi connectivity index (χ1v) is 3.56. The van der Waals surface area contributed by atoms with Crippen molar-refractivity contribution >= 4 is 11.7 Å². The Balaban J connectivity index is 4.48. The summed E-state index contributed by atoms with van der Waals surface area (Å²) in [6.45, 7) is 3.60. The first-order valence-electron chi connectivity index (χ1n) is 3.56. The molecule has 66 valence electrons. The summed E-state index contributed by atoms with van der Waals surface area (Å²) in [5.74, 6) is -0.232. The van der Waals surface area contributed by atoms with Crippen LogP contribution in [-0.4, -0.2) is 11.7 Å². The number of rotatable bonds is 2. The lowest BCUT2D eigenvalue weighted by Crippen LogP contribution is -2.13. The van der Waals surface area contributed by atoms with Gasteiger partial charge in [0.2, 0.25) is 5.96 Å². The van der Waals surface area contributed by atoms with Gasteiger partial charge in [-0.3, -0.25) is 5.41 Å². The average molecular weight is 166 g/mol. The lowest BCUT2D eigenvalue weighted by Gasteiger charge is -1.97. The molecule has 0 saturated heterocycles. The van der Waals surface area contributed by atoms with Crippen LogP contribution in [0.1, 0.15) is 13.8 Å². The fourth-order valence-corrected chi connectivity index (χ4v) is 0.566. The lowest BCUT2D eigenvalue weighted by molar-refractivity contribution is 1.35. The van der Waals surface area contributed by atoms with Crippen LogP contribution in [0.5, 0.6) is 0 Å². The molecule has 0 bridgehead atoms. The van der Waals surface area contributed by atoms with Crippen LogP contribution in [0, 0.1) is 5.41 Å². The molecule has 4 heteroatoms. The highest BCUT2D eigenvalue weighted by atomic mass is 15.0. The molecule has 0 saturated carbocycles. The van der Waals surface area contributed by atoms with E-state index in [1.165, 1.54) is 0 Å². The molecule has 0 radical (unpaired) electrons. The van der Waals surface area contributed by atoms with Crippen LogP contribution in [0.3, 0.4) is 0 Å². The summed E-state index contributed by atoms with van der Waals surface area (Å²) < 4.78 is 0. The van der Waals surface area contributed by atoms with Gasteiger partial charge in [0, 0.05) is 0 Å².